The lowest BCUT2D eigenvalue weighted by molar-refractivity contribution is -0.183. The molecule has 0 aromatic heterocycles. The van der Waals surface area contributed by atoms with Gasteiger partial charge in [-0.2, -0.15) is 0 Å². The third kappa shape index (κ3) is 7.48. The molecule has 0 bridgehead atoms. The molecule has 11 heteroatoms. The van der Waals surface area contributed by atoms with Crippen molar-refractivity contribution in [3.8, 4) is 0 Å². The van der Waals surface area contributed by atoms with E-state index in [1.807, 2.05) is 127 Å². The number of esters is 2. The Kier molecular flexibility index (Phi) is 11.1. The van der Waals surface area contributed by atoms with Crippen LogP contribution in [0.5, 0.6) is 0 Å². The predicted octanol–water partition coefficient (Wildman–Crippen LogP) is 3.85. The molecule has 5 aromatic carbocycles. The van der Waals surface area contributed by atoms with Crippen LogP contribution in [-0.2, 0) is 41.8 Å². The van der Waals surface area contributed by atoms with Crippen LogP contribution in [0.4, 0.5) is 4.79 Å². The van der Waals surface area contributed by atoms with Crippen LogP contribution < -0.4 is 21.2 Å². The average Bonchev–Trinajstić information content (AvgIpc) is 3.19. The summed E-state index contributed by atoms with van der Waals surface area (Å²) in [5.74, 6) is -2.63. The number of alkyl carbamates (subject to hydrolysis) is 1. The van der Waals surface area contributed by atoms with E-state index in [1.54, 1.807) is 24.3 Å². The van der Waals surface area contributed by atoms with E-state index in [2.05, 4.69) is 5.32 Å². The van der Waals surface area contributed by atoms with Gasteiger partial charge in [0.15, 0.2) is 6.04 Å². The Bertz CT molecular complexity index is 1920. The summed E-state index contributed by atoms with van der Waals surface area (Å²) in [6.07, 6.45) is -2.47. The molecule has 1 heterocycles. The largest absolute Gasteiger partial charge is 0.456 e. The molecule has 2 amide bonds. The van der Waals surface area contributed by atoms with Gasteiger partial charge in [-0.1, -0.05) is 152 Å². The molecule has 1 aliphatic rings. The molecule has 51 heavy (non-hydrogen) atoms. The van der Waals surface area contributed by atoms with E-state index in [1.165, 1.54) is 0 Å². The maximum atomic E-state index is 14.8. The molecule has 1 fully saturated rings. The minimum absolute atomic E-state index is 0.0709. The predicted molar refractivity (Wildman–Crippen MR) is 194 cm³/mol. The number of rotatable bonds is 12. The number of aliphatic hydroxyl groups excluding tert-OH is 1. The number of benzene rings is 5. The van der Waals surface area contributed by atoms with Crippen molar-refractivity contribution in [3.05, 3.63) is 163 Å². The monoisotopic (exact) mass is 702 g/mol. The van der Waals surface area contributed by atoms with E-state index in [9.17, 15) is 24.3 Å². The van der Waals surface area contributed by atoms with Gasteiger partial charge in [0.25, 0.3) is 5.91 Å². The van der Waals surface area contributed by atoms with E-state index in [-0.39, 0.29) is 18.6 Å². The molecule has 2 atom stereocenters. The zero-order valence-corrected chi connectivity index (χ0v) is 28.3. The number of amides is 2. The van der Waals surface area contributed by atoms with Crippen LogP contribution in [-0.4, -0.2) is 58.2 Å². The van der Waals surface area contributed by atoms with Crippen molar-refractivity contribution in [1.29, 1.82) is 0 Å². The lowest BCUT2D eigenvalue weighted by atomic mass is 10.0. The topological polar surface area (TPSA) is 131 Å². The van der Waals surface area contributed by atoms with Gasteiger partial charge in [0.05, 0.1) is 0 Å². The average molecular weight is 703 g/mol. The number of nitrogens with zero attached hydrogens (tertiary/aromatic N) is 1. The number of aliphatic hydroxyl groups is 1. The Morgan fingerprint density at radius 2 is 1.04 bits per heavy atom. The van der Waals surface area contributed by atoms with Crippen molar-refractivity contribution in [3.63, 3.8) is 0 Å². The molecule has 0 saturated carbocycles. The summed E-state index contributed by atoms with van der Waals surface area (Å²) in [7, 11) is 0. The number of likely N-dealkylation sites (tertiary alicyclic amines) is 1. The number of ether oxygens (including phenoxy) is 3. The normalized spacial score (nSPS) is 15.2. The number of carbonyl (C=O) groups is 4. The molecule has 2 N–H and O–H groups in total. The molecule has 1 saturated heterocycles. The molecular formula is C40H35N2O8P. The van der Waals surface area contributed by atoms with E-state index < -0.39 is 49.7 Å². The first-order valence-electron chi connectivity index (χ1n) is 16.2. The van der Waals surface area contributed by atoms with Crippen molar-refractivity contribution in [1.82, 2.24) is 10.2 Å². The second-order valence-corrected chi connectivity index (χ2v) is 14.8. The van der Waals surface area contributed by atoms with Crippen molar-refractivity contribution in [2.24, 2.45) is 0 Å². The Labute approximate surface area is 295 Å². The van der Waals surface area contributed by atoms with Crippen molar-refractivity contribution >= 4 is 52.2 Å². The minimum Gasteiger partial charge on any atom is -0.456 e. The summed E-state index contributed by atoms with van der Waals surface area (Å²) in [5.41, 5.74) is 1.36. The molecule has 0 radical (unpaired) electrons. The van der Waals surface area contributed by atoms with Crippen molar-refractivity contribution in [2.45, 2.75) is 25.5 Å². The van der Waals surface area contributed by atoms with Gasteiger partial charge in [-0.05, 0) is 27.0 Å². The van der Waals surface area contributed by atoms with Crippen LogP contribution >= 0.6 is 6.89 Å². The summed E-state index contributed by atoms with van der Waals surface area (Å²) in [5, 5.41) is 14.4. The first-order valence-corrected chi connectivity index (χ1v) is 18.0. The fourth-order valence-electron chi connectivity index (χ4n) is 5.96. The highest BCUT2D eigenvalue weighted by Crippen LogP contribution is 2.49. The smallest absolute Gasteiger partial charge is 0.408 e. The summed E-state index contributed by atoms with van der Waals surface area (Å²) < 4.78 is 17.0. The Morgan fingerprint density at radius 1 is 0.627 bits per heavy atom. The van der Waals surface area contributed by atoms with Crippen LogP contribution in [0.2, 0.25) is 0 Å². The van der Waals surface area contributed by atoms with Gasteiger partial charge in [0.1, 0.15) is 25.2 Å². The fraction of sp³-hybridized carbons (Fsp3) is 0.125. The summed E-state index contributed by atoms with van der Waals surface area (Å²) in [4.78, 5) is 56.0. The summed E-state index contributed by atoms with van der Waals surface area (Å²) >= 11 is 0. The van der Waals surface area contributed by atoms with Gasteiger partial charge in [-0.15, -0.1) is 0 Å². The van der Waals surface area contributed by atoms with Crippen LogP contribution in [0.3, 0.4) is 0 Å². The second-order valence-electron chi connectivity index (χ2n) is 11.5. The number of β-lactam (4-membered cyclic amide) rings is 1. The van der Waals surface area contributed by atoms with Crippen LogP contribution in [0.25, 0.3) is 0 Å². The van der Waals surface area contributed by atoms with Gasteiger partial charge in [-0.3, -0.25) is 9.69 Å². The van der Waals surface area contributed by atoms with Crippen molar-refractivity contribution in [2.75, 3.05) is 6.61 Å². The number of hydrogen-bond donors (Lipinski definition) is 2. The van der Waals surface area contributed by atoms with Gasteiger partial charge < -0.3 is 24.6 Å². The lowest BCUT2D eigenvalue weighted by Crippen LogP contribution is -2.74. The standard InChI is InChI=1S/C40H35N2O8P/c43-26-34(44)50-37-35(41-40(47)49-28-30-18-8-2-9-19-30)36(45)42(37)38(39(46)48-27-29-16-6-1-7-17-29)51(31-20-10-3-11-21-31,32-22-12-4-13-23-32)33-24-14-5-15-25-33/h1-25,35,37,43H,26-28H2,(H,41,47). The molecule has 10 nitrogen and oxygen atoms in total. The molecule has 1 aliphatic heterocycles. The third-order valence-electron chi connectivity index (χ3n) is 8.28. The maximum absolute atomic E-state index is 14.8. The van der Waals surface area contributed by atoms with Gasteiger partial charge >= 0.3 is 18.0 Å². The maximum Gasteiger partial charge on any atom is 0.408 e. The minimum atomic E-state index is -3.35. The molecule has 0 spiro atoms. The highest BCUT2D eigenvalue weighted by molar-refractivity contribution is 7.96. The Balaban J connectivity index is 1.54. The molecule has 258 valence electrons. The molecule has 0 aliphatic carbocycles. The highest BCUT2D eigenvalue weighted by Gasteiger charge is 2.57. The Morgan fingerprint density at radius 3 is 1.47 bits per heavy atom. The molecule has 5 aromatic rings. The number of hydrogen-bond acceptors (Lipinski definition) is 8. The van der Waals surface area contributed by atoms with Crippen LogP contribution in [0.15, 0.2) is 152 Å². The first kappa shape index (κ1) is 34.9. The molecular weight excluding hydrogens is 667 g/mol. The summed E-state index contributed by atoms with van der Waals surface area (Å²) in [6, 6.07) is 44.5. The lowest BCUT2D eigenvalue weighted by Gasteiger charge is -2.48. The zero-order valence-electron chi connectivity index (χ0n) is 27.4. The number of nitrogens with one attached hydrogen (secondary N) is 1. The van der Waals surface area contributed by atoms with Gasteiger partial charge in [-0.25, -0.2) is 14.4 Å². The first-order chi connectivity index (χ1) is 24.9. The Hall–Kier alpha value is -5.96. The van der Waals surface area contributed by atoms with Gasteiger partial charge in [0.2, 0.25) is 6.23 Å². The van der Waals surface area contributed by atoms with Crippen LogP contribution in [0, 0.1) is 0 Å². The zero-order chi connectivity index (χ0) is 35.6. The van der Waals surface area contributed by atoms with E-state index in [0.717, 1.165) is 10.5 Å². The van der Waals surface area contributed by atoms with Crippen LogP contribution in [0.1, 0.15) is 11.1 Å². The fourth-order valence-corrected chi connectivity index (χ4v) is 10.3. The quantitative estimate of drug-likeness (QED) is 0.0868. The van der Waals surface area contributed by atoms with Gasteiger partial charge in [0, 0.05) is 6.89 Å². The SMILES string of the molecule is O=C(CO)OC1C(NC(=O)OCc2ccccc2)C(=O)N1C(C(=O)OCc1ccccc1)=P(c1ccccc1)(c1ccccc1)c1ccccc1. The third-order valence-corrected chi connectivity index (χ3v) is 12.5. The number of carbonyl (C=O) groups excluding carboxylic acids is 4. The molecule has 6 rings (SSSR count). The highest BCUT2D eigenvalue weighted by atomic mass is 31.2. The van der Waals surface area contributed by atoms with Crippen molar-refractivity contribution < 1.29 is 38.5 Å². The second kappa shape index (κ2) is 16.2. The summed E-state index contributed by atoms with van der Waals surface area (Å²) in [6.45, 7) is -4.55. The van der Waals surface area contributed by atoms with E-state index in [0.29, 0.717) is 21.5 Å². The van der Waals surface area contributed by atoms with E-state index in [4.69, 9.17) is 14.2 Å². The molecule has 2 unspecified atom stereocenters. The van der Waals surface area contributed by atoms with E-state index >= 15 is 0 Å².